The van der Waals surface area contributed by atoms with Crippen LogP contribution in [-0.2, 0) is 23.0 Å². The van der Waals surface area contributed by atoms with Gasteiger partial charge in [0.1, 0.15) is 17.1 Å². The summed E-state index contributed by atoms with van der Waals surface area (Å²) < 4.78 is 11.7. The smallest absolute Gasteiger partial charge is 0.343 e. The summed E-state index contributed by atoms with van der Waals surface area (Å²) >= 11 is 0. The zero-order chi connectivity index (χ0) is 21.5. The second-order valence-electron chi connectivity index (χ2n) is 7.57. The van der Waals surface area contributed by atoms with Crippen molar-refractivity contribution in [2.24, 2.45) is 13.0 Å². The van der Waals surface area contributed by atoms with Gasteiger partial charge < -0.3 is 14.8 Å². The van der Waals surface area contributed by atoms with Gasteiger partial charge in [-0.15, -0.1) is 0 Å². The van der Waals surface area contributed by atoms with Crippen LogP contribution in [0.5, 0.6) is 5.75 Å². The molecule has 162 valence electrons. The van der Waals surface area contributed by atoms with Crippen molar-refractivity contribution in [1.82, 2.24) is 14.7 Å². The Kier molecular flexibility index (Phi) is 7.46. The normalized spacial score (nSPS) is 15.0. The minimum absolute atomic E-state index is 0.155. The number of carbonyl (C=O) groups excluding carboxylic acids is 2. The summed E-state index contributed by atoms with van der Waals surface area (Å²) in [6.07, 6.45) is 4.57. The maximum atomic E-state index is 12.5. The Balaban J connectivity index is 1.47. The number of piperidine rings is 1. The molecule has 0 unspecified atom stereocenters. The number of nitrogens with zero attached hydrogens (tertiary/aromatic N) is 3. The highest BCUT2D eigenvalue weighted by Crippen LogP contribution is 2.23. The lowest BCUT2D eigenvalue weighted by atomic mass is 9.90. The fourth-order valence-electron chi connectivity index (χ4n) is 3.76. The number of hydrogen-bond acceptors (Lipinski definition) is 6. The molecular weight excluding hydrogens is 384 g/mol. The fourth-order valence-corrected chi connectivity index (χ4v) is 3.76. The summed E-state index contributed by atoms with van der Waals surface area (Å²) in [6.45, 7) is 4.06. The summed E-state index contributed by atoms with van der Waals surface area (Å²) in [5.74, 6) is 1.22. The predicted molar refractivity (Wildman–Crippen MR) is 114 cm³/mol. The van der Waals surface area contributed by atoms with E-state index in [-0.39, 0.29) is 18.1 Å². The molecule has 8 heteroatoms. The Morgan fingerprint density at radius 2 is 1.90 bits per heavy atom. The molecule has 2 aromatic rings. The van der Waals surface area contributed by atoms with Crippen LogP contribution in [0.15, 0.2) is 30.5 Å². The van der Waals surface area contributed by atoms with Gasteiger partial charge >= 0.3 is 5.97 Å². The van der Waals surface area contributed by atoms with Crippen molar-refractivity contribution in [3.8, 4) is 5.75 Å². The van der Waals surface area contributed by atoms with Gasteiger partial charge in [0.25, 0.3) is 0 Å². The number of ether oxygens (including phenoxy) is 2. The molecule has 1 aliphatic rings. The number of hydrogen-bond donors (Lipinski definition) is 1. The van der Waals surface area contributed by atoms with Gasteiger partial charge in [0.05, 0.1) is 26.5 Å². The van der Waals surface area contributed by atoms with Gasteiger partial charge in [0.15, 0.2) is 0 Å². The molecule has 3 rings (SSSR count). The molecule has 1 saturated heterocycles. The average molecular weight is 415 g/mol. The third-order valence-corrected chi connectivity index (χ3v) is 5.45. The van der Waals surface area contributed by atoms with Crippen LogP contribution in [0.3, 0.4) is 0 Å². The molecule has 8 nitrogen and oxygen atoms in total. The molecule has 0 saturated carbocycles. The van der Waals surface area contributed by atoms with E-state index in [1.54, 1.807) is 21.1 Å². The number of likely N-dealkylation sites (tertiary alicyclic amines) is 1. The molecule has 1 fully saturated rings. The predicted octanol–water partition coefficient (Wildman–Crippen LogP) is 2.50. The number of methoxy groups -OCH3 is 1. The van der Waals surface area contributed by atoms with E-state index in [1.165, 1.54) is 16.4 Å². The van der Waals surface area contributed by atoms with Crippen molar-refractivity contribution in [2.75, 3.05) is 38.7 Å². The summed E-state index contributed by atoms with van der Waals surface area (Å²) in [7, 11) is 3.36. The van der Waals surface area contributed by atoms with Crippen molar-refractivity contribution in [1.29, 1.82) is 0 Å². The van der Waals surface area contributed by atoms with Crippen molar-refractivity contribution in [3.63, 3.8) is 0 Å². The summed E-state index contributed by atoms with van der Waals surface area (Å²) in [5.41, 5.74) is 1.58. The number of aromatic nitrogens is 2. The maximum Gasteiger partial charge on any atom is 0.343 e. The van der Waals surface area contributed by atoms with E-state index in [9.17, 15) is 9.59 Å². The molecule has 0 aliphatic carbocycles. The lowest BCUT2D eigenvalue weighted by Crippen LogP contribution is -2.39. The molecule has 0 atom stereocenters. The second kappa shape index (κ2) is 10.2. The highest BCUT2D eigenvalue weighted by atomic mass is 16.5. The van der Waals surface area contributed by atoms with Gasteiger partial charge in [0, 0.05) is 7.05 Å². The molecule has 2 heterocycles. The number of benzene rings is 1. The van der Waals surface area contributed by atoms with Gasteiger partial charge in [-0.1, -0.05) is 12.1 Å². The number of anilines is 1. The highest BCUT2D eigenvalue weighted by molar-refractivity contribution is 6.00. The quantitative estimate of drug-likeness (QED) is 0.668. The van der Waals surface area contributed by atoms with Crippen LogP contribution in [0, 0.1) is 5.92 Å². The van der Waals surface area contributed by atoms with Crippen LogP contribution in [0.25, 0.3) is 0 Å². The minimum atomic E-state index is -0.486. The lowest BCUT2D eigenvalue weighted by Gasteiger charge is -2.31. The highest BCUT2D eigenvalue weighted by Gasteiger charge is 2.23. The topological polar surface area (TPSA) is 85.7 Å². The van der Waals surface area contributed by atoms with Crippen LogP contribution in [0.1, 0.15) is 35.7 Å². The molecule has 1 amide bonds. The molecule has 30 heavy (non-hydrogen) atoms. The third-order valence-electron chi connectivity index (χ3n) is 5.45. The lowest BCUT2D eigenvalue weighted by molar-refractivity contribution is -0.117. The standard InChI is InChI=1S/C22H30N4O4/c1-4-30-22(28)19-14-23-25(2)21(19)24-20(27)15-26-11-9-17(10-12-26)13-16-5-7-18(29-3)8-6-16/h5-8,14,17H,4,9-13,15H2,1-3H3,(H,24,27). The van der Waals surface area contributed by atoms with E-state index in [1.807, 2.05) is 12.1 Å². The molecular formula is C22H30N4O4. The van der Waals surface area contributed by atoms with Crippen LogP contribution >= 0.6 is 0 Å². The van der Waals surface area contributed by atoms with Crippen LogP contribution < -0.4 is 10.1 Å². The van der Waals surface area contributed by atoms with Gasteiger partial charge in [-0.05, 0) is 62.9 Å². The maximum absolute atomic E-state index is 12.5. The molecule has 1 aromatic heterocycles. The van der Waals surface area contributed by atoms with Gasteiger partial charge in [-0.2, -0.15) is 5.10 Å². The van der Waals surface area contributed by atoms with Crippen LogP contribution in [-0.4, -0.2) is 59.9 Å². The number of esters is 1. The van der Waals surface area contributed by atoms with Gasteiger partial charge in [-0.25, -0.2) is 4.79 Å². The summed E-state index contributed by atoms with van der Waals surface area (Å²) in [6, 6.07) is 8.23. The minimum Gasteiger partial charge on any atom is -0.497 e. The van der Waals surface area contributed by atoms with Gasteiger partial charge in [0.2, 0.25) is 5.91 Å². The molecule has 0 radical (unpaired) electrons. The molecule has 0 spiro atoms. The first-order valence-corrected chi connectivity index (χ1v) is 10.3. The Bertz CT molecular complexity index is 855. The third kappa shape index (κ3) is 5.60. The Hall–Kier alpha value is -2.87. The molecule has 1 aromatic carbocycles. The Labute approximate surface area is 177 Å². The summed E-state index contributed by atoms with van der Waals surface area (Å²) in [4.78, 5) is 26.7. The largest absolute Gasteiger partial charge is 0.497 e. The number of nitrogens with one attached hydrogen (secondary N) is 1. The Morgan fingerprint density at radius 3 is 2.53 bits per heavy atom. The van der Waals surface area contributed by atoms with Gasteiger partial charge in [-0.3, -0.25) is 14.4 Å². The first-order chi connectivity index (χ1) is 14.5. The van der Waals surface area contributed by atoms with E-state index < -0.39 is 5.97 Å². The Morgan fingerprint density at radius 1 is 1.20 bits per heavy atom. The number of aryl methyl sites for hydroxylation is 1. The zero-order valence-electron chi connectivity index (χ0n) is 17.9. The van der Waals surface area contributed by atoms with Crippen molar-refractivity contribution >= 4 is 17.7 Å². The van der Waals surface area contributed by atoms with Crippen molar-refractivity contribution in [2.45, 2.75) is 26.2 Å². The van der Waals surface area contributed by atoms with E-state index in [4.69, 9.17) is 9.47 Å². The van der Waals surface area contributed by atoms with Crippen molar-refractivity contribution in [3.05, 3.63) is 41.6 Å². The van der Waals surface area contributed by atoms with E-state index in [0.717, 1.165) is 38.1 Å². The first kappa shape index (κ1) is 21.8. The molecule has 1 aliphatic heterocycles. The first-order valence-electron chi connectivity index (χ1n) is 10.3. The van der Waals surface area contributed by atoms with E-state index in [0.29, 0.717) is 18.3 Å². The number of carbonyl (C=O) groups is 2. The zero-order valence-corrected chi connectivity index (χ0v) is 17.9. The molecule has 1 N–H and O–H groups in total. The number of rotatable bonds is 8. The summed E-state index contributed by atoms with van der Waals surface area (Å²) in [5, 5.41) is 6.87. The second-order valence-corrected chi connectivity index (χ2v) is 7.57. The van der Waals surface area contributed by atoms with E-state index >= 15 is 0 Å². The average Bonchev–Trinajstić information content (AvgIpc) is 3.10. The van der Waals surface area contributed by atoms with Crippen LogP contribution in [0.2, 0.25) is 0 Å². The number of amides is 1. The monoisotopic (exact) mass is 414 g/mol. The van der Waals surface area contributed by atoms with Crippen LogP contribution in [0.4, 0.5) is 5.82 Å². The van der Waals surface area contributed by atoms with Crippen molar-refractivity contribution < 1.29 is 19.1 Å². The molecule has 0 bridgehead atoms. The fraction of sp³-hybridized carbons (Fsp3) is 0.500. The SMILES string of the molecule is CCOC(=O)c1cnn(C)c1NC(=O)CN1CCC(Cc2ccc(OC)cc2)CC1. The van der Waals surface area contributed by atoms with E-state index in [2.05, 4.69) is 27.4 Å².